The number of amides is 1. The van der Waals surface area contributed by atoms with E-state index in [0.717, 1.165) is 37.6 Å². The molecule has 41 heavy (non-hydrogen) atoms. The molecule has 1 amide bonds. The predicted molar refractivity (Wildman–Crippen MR) is 163 cm³/mol. The second-order valence-electron chi connectivity index (χ2n) is 11.3. The lowest BCUT2D eigenvalue weighted by atomic mass is 10.0. The smallest absolute Gasteiger partial charge is 0.246 e. The highest BCUT2D eigenvalue weighted by Gasteiger charge is 2.33. The van der Waals surface area contributed by atoms with E-state index in [1.54, 1.807) is 4.90 Å². The number of aromatic nitrogens is 2. The number of carbonyl (C=O) groups is 1. The lowest BCUT2D eigenvalue weighted by Gasteiger charge is -2.42. The molecule has 0 bridgehead atoms. The molecule has 0 aliphatic carbocycles. The third kappa shape index (κ3) is 5.44. The first-order valence-corrected chi connectivity index (χ1v) is 14.7. The van der Waals surface area contributed by atoms with Crippen LogP contribution in [0.2, 0.25) is 0 Å². The minimum absolute atomic E-state index is 0.122. The van der Waals surface area contributed by atoms with Crippen molar-refractivity contribution in [1.82, 2.24) is 19.8 Å². The molecule has 0 saturated carbocycles. The van der Waals surface area contributed by atoms with E-state index in [1.807, 2.05) is 0 Å². The lowest BCUT2D eigenvalue weighted by molar-refractivity contribution is -0.128. The predicted octanol–water partition coefficient (Wildman–Crippen LogP) is 3.82. The van der Waals surface area contributed by atoms with Crippen molar-refractivity contribution < 1.29 is 4.79 Å². The molecular formula is C32H38N8O. The van der Waals surface area contributed by atoms with E-state index < -0.39 is 0 Å². The van der Waals surface area contributed by atoms with Crippen molar-refractivity contribution in [2.24, 2.45) is 0 Å². The summed E-state index contributed by atoms with van der Waals surface area (Å²) in [6.07, 6.45) is 4.83. The number of nitrogens with zero attached hydrogens (tertiary/aromatic N) is 7. The number of benzene rings is 2. The molecular weight excluding hydrogens is 512 g/mol. The summed E-state index contributed by atoms with van der Waals surface area (Å²) in [6.45, 7) is 8.91. The summed E-state index contributed by atoms with van der Waals surface area (Å²) < 4.78 is 0. The van der Waals surface area contributed by atoms with Crippen molar-refractivity contribution in [3.63, 3.8) is 0 Å². The van der Waals surface area contributed by atoms with Crippen LogP contribution in [0.3, 0.4) is 0 Å². The van der Waals surface area contributed by atoms with Gasteiger partial charge in [0.05, 0.1) is 30.8 Å². The van der Waals surface area contributed by atoms with E-state index in [9.17, 15) is 10.1 Å². The number of piperazine rings is 1. The molecule has 3 aliphatic heterocycles. The molecule has 1 N–H and O–H groups in total. The normalized spacial score (nSPS) is 21.0. The Morgan fingerprint density at radius 3 is 2.76 bits per heavy atom. The highest BCUT2D eigenvalue weighted by molar-refractivity contribution is 5.94. The van der Waals surface area contributed by atoms with Crippen LogP contribution in [-0.2, 0) is 17.8 Å². The Labute approximate surface area is 242 Å². The van der Waals surface area contributed by atoms with Crippen LogP contribution in [0.15, 0.2) is 55.1 Å². The van der Waals surface area contributed by atoms with Crippen LogP contribution < -0.4 is 15.1 Å². The number of nitrogens with one attached hydrogen (secondary N) is 1. The van der Waals surface area contributed by atoms with E-state index in [4.69, 9.17) is 9.97 Å². The van der Waals surface area contributed by atoms with E-state index in [1.165, 1.54) is 40.9 Å². The average molecular weight is 551 g/mol. The zero-order valence-corrected chi connectivity index (χ0v) is 23.8. The van der Waals surface area contributed by atoms with Crippen molar-refractivity contribution in [2.45, 2.75) is 44.3 Å². The van der Waals surface area contributed by atoms with Gasteiger partial charge in [0.15, 0.2) is 0 Å². The van der Waals surface area contributed by atoms with Crippen LogP contribution in [0.5, 0.6) is 0 Å². The summed E-state index contributed by atoms with van der Waals surface area (Å²) in [4.78, 5) is 31.6. The minimum Gasteiger partial charge on any atom is -0.365 e. The third-order valence-corrected chi connectivity index (χ3v) is 8.88. The van der Waals surface area contributed by atoms with Crippen molar-refractivity contribution in [1.29, 1.82) is 5.26 Å². The fraction of sp³-hybridized carbons (Fsp3) is 0.438. The molecule has 9 nitrogen and oxygen atoms in total. The zero-order valence-electron chi connectivity index (χ0n) is 23.8. The van der Waals surface area contributed by atoms with Gasteiger partial charge in [0.1, 0.15) is 5.82 Å². The van der Waals surface area contributed by atoms with Crippen LogP contribution in [0, 0.1) is 11.3 Å². The molecule has 2 aromatic carbocycles. The second kappa shape index (κ2) is 11.8. The van der Waals surface area contributed by atoms with Crippen LogP contribution in [-0.4, -0.2) is 84.1 Å². The minimum atomic E-state index is -0.204. The van der Waals surface area contributed by atoms with Crippen molar-refractivity contribution in [3.8, 4) is 6.07 Å². The summed E-state index contributed by atoms with van der Waals surface area (Å²) in [5, 5.41) is 15.6. The zero-order chi connectivity index (χ0) is 28.3. The van der Waals surface area contributed by atoms with Gasteiger partial charge in [-0.15, -0.1) is 0 Å². The topological polar surface area (TPSA) is 91.6 Å². The summed E-state index contributed by atoms with van der Waals surface area (Å²) in [7, 11) is 2.18. The Morgan fingerprint density at radius 1 is 1.10 bits per heavy atom. The number of hydrogen-bond acceptors (Lipinski definition) is 8. The van der Waals surface area contributed by atoms with Crippen LogP contribution in [0.4, 0.5) is 17.5 Å². The maximum absolute atomic E-state index is 12.5. The van der Waals surface area contributed by atoms with Gasteiger partial charge >= 0.3 is 0 Å². The van der Waals surface area contributed by atoms with Gasteiger partial charge in [-0.25, -0.2) is 4.98 Å². The number of likely N-dealkylation sites (N-methyl/N-ethyl adjacent to an activating group) is 1. The summed E-state index contributed by atoms with van der Waals surface area (Å²) in [6, 6.07) is 17.6. The lowest BCUT2D eigenvalue weighted by Crippen LogP contribution is -2.55. The Morgan fingerprint density at radius 2 is 1.95 bits per heavy atom. The Bertz CT molecular complexity index is 1480. The quantitative estimate of drug-likeness (QED) is 0.444. The molecule has 1 unspecified atom stereocenters. The van der Waals surface area contributed by atoms with Crippen LogP contribution in [0.25, 0.3) is 10.8 Å². The summed E-state index contributed by atoms with van der Waals surface area (Å²) in [5.41, 5.74) is 3.43. The fourth-order valence-corrected chi connectivity index (χ4v) is 6.62. The van der Waals surface area contributed by atoms with Crippen molar-refractivity contribution in [3.05, 3.63) is 66.4 Å². The Hall–Kier alpha value is -4.16. The number of nitriles is 1. The number of fused-ring (bicyclic) bond motifs is 2. The van der Waals surface area contributed by atoms with E-state index in [2.05, 4.69) is 82.2 Å². The maximum atomic E-state index is 12.5. The van der Waals surface area contributed by atoms with E-state index in [-0.39, 0.29) is 18.4 Å². The first kappa shape index (κ1) is 27.0. The van der Waals surface area contributed by atoms with Crippen LogP contribution >= 0.6 is 0 Å². The molecule has 3 aromatic rings. The first-order valence-electron chi connectivity index (χ1n) is 14.7. The molecule has 2 fully saturated rings. The van der Waals surface area contributed by atoms with Gasteiger partial charge < -0.3 is 24.9 Å². The molecule has 2 saturated heterocycles. The average Bonchev–Trinajstić information content (AvgIpc) is 3.43. The monoisotopic (exact) mass is 550 g/mol. The Kier molecular flexibility index (Phi) is 7.75. The molecule has 6 rings (SSSR count). The van der Waals surface area contributed by atoms with Gasteiger partial charge in [-0.2, -0.15) is 10.2 Å². The van der Waals surface area contributed by atoms with E-state index in [0.29, 0.717) is 38.2 Å². The standard InChI is InChI=1S/C32H38N8O/c1-3-30(41)40-19-18-39(21-25(40)13-15-33)31-27-14-17-38(29-12-6-9-23-8-4-5-11-26(23)29)22-28(27)35-32(36-31)34-20-24-10-7-16-37(24)2/h3-6,8-9,11-12,24-25H,1,7,10,13-14,16-22H2,2H3,(H,34,35,36)/t24?,25-/m0/s1. The van der Waals surface area contributed by atoms with Gasteiger partial charge in [0.2, 0.25) is 11.9 Å². The highest BCUT2D eigenvalue weighted by atomic mass is 16.2. The van der Waals surface area contributed by atoms with Gasteiger partial charge in [-0.05, 0) is 50.4 Å². The number of rotatable bonds is 7. The van der Waals surface area contributed by atoms with Crippen molar-refractivity contribution in [2.75, 3.05) is 61.4 Å². The molecule has 0 spiro atoms. The molecule has 4 heterocycles. The number of carbonyl (C=O) groups excluding carboxylic acids is 1. The molecule has 1 aromatic heterocycles. The highest BCUT2D eigenvalue weighted by Crippen LogP contribution is 2.34. The van der Waals surface area contributed by atoms with Crippen molar-refractivity contribution >= 4 is 34.1 Å². The molecule has 0 radical (unpaired) electrons. The van der Waals surface area contributed by atoms with Gasteiger partial charge in [-0.3, -0.25) is 4.79 Å². The van der Waals surface area contributed by atoms with Crippen LogP contribution in [0.1, 0.15) is 30.5 Å². The fourth-order valence-electron chi connectivity index (χ4n) is 6.62. The number of anilines is 3. The molecule has 212 valence electrons. The third-order valence-electron chi connectivity index (χ3n) is 8.88. The molecule has 9 heteroatoms. The maximum Gasteiger partial charge on any atom is 0.246 e. The summed E-state index contributed by atoms with van der Waals surface area (Å²) >= 11 is 0. The van der Waals surface area contributed by atoms with Gasteiger partial charge in [-0.1, -0.05) is 43.0 Å². The van der Waals surface area contributed by atoms with Gasteiger partial charge in [0, 0.05) is 55.4 Å². The Balaban J connectivity index is 1.33. The number of hydrogen-bond donors (Lipinski definition) is 1. The SMILES string of the molecule is C=CC(=O)N1CCN(c2nc(NCC3CCCN3C)nc3c2CCN(c2cccc4ccccc24)C3)C[C@@H]1CC#N. The summed E-state index contributed by atoms with van der Waals surface area (Å²) in [5.74, 6) is 1.46. The second-order valence-corrected chi connectivity index (χ2v) is 11.3. The largest absolute Gasteiger partial charge is 0.365 e. The molecule has 2 atom stereocenters. The molecule has 3 aliphatic rings. The first-order chi connectivity index (χ1) is 20.1. The number of likely N-dealkylation sites (tertiary alicyclic amines) is 1. The van der Waals surface area contributed by atoms with Gasteiger partial charge in [0.25, 0.3) is 0 Å². The van der Waals surface area contributed by atoms with E-state index >= 15 is 0 Å².